The average Bonchev–Trinajstić information content (AvgIpc) is 2.56. The van der Waals surface area contributed by atoms with Gasteiger partial charge < -0.3 is 20.3 Å². The van der Waals surface area contributed by atoms with Crippen molar-refractivity contribution in [2.75, 3.05) is 52.5 Å². The molecule has 1 rings (SSSR count). The molecule has 136 valence electrons. The molecule has 1 fully saturated rings. The van der Waals surface area contributed by atoms with Crippen molar-refractivity contribution < 1.29 is 4.74 Å². The molecule has 0 radical (unpaired) electrons. The Morgan fingerprint density at radius 1 is 1.13 bits per heavy atom. The van der Waals surface area contributed by atoms with Crippen molar-refractivity contribution in [2.45, 2.75) is 52.9 Å². The van der Waals surface area contributed by atoms with E-state index < -0.39 is 0 Å². The van der Waals surface area contributed by atoms with Crippen molar-refractivity contribution in [1.29, 1.82) is 0 Å². The highest BCUT2D eigenvalue weighted by Crippen LogP contribution is 2.15. The lowest BCUT2D eigenvalue weighted by Crippen LogP contribution is -2.38. The minimum atomic E-state index is 0.790. The number of guanidine groups is 1. The zero-order chi connectivity index (χ0) is 16.8. The molecule has 5 heteroatoms. The molecule has 2 N–H and O–H groups in total. The SMILES string of the molecule is CCNC(=NCCCOCC)NCCCCN1CCC(C)CC1. The first kappa shape index (κ1) is 20.2. The molecule has 1 heterocycles. The Morgan fingerprint density at radius 2 is 1.91 bits per heavy atom. The molecule has 0 spiro atoms. The highest BCUT2D eigenvalue weighted by atomic mass is 16.5. The Morgan fingerprint density at radius 3 is 2.61 bits per heavy atom. The van der Waals surface area contributed by atoms with Crippen LogP contribution in [0.1, 0.15) is 52.9 Å². The lowest BCUT2D eigenvalue weighted by atomic mass is 9.99. The van der Waals surface area contributed by atoms with Gasteiger partial charge in [-0.1, -0.05) is 6.92 Å². The zero-order valence-corrected chi connectivity index (χ0v) is 15.6. The molecule has 1 aliphatic heterocycles. The van der Waals surface area contributed by atoms with E-state index in [2.05, 4.69) is 34.4 Å². The summed E-state index contributed by atoms with van der Waals surface area (Å²) in [7, 11) is 0. The third kappa shape index (κ3) is 10.6. The topological polar surface area (TPSA) is 48.9 Å². The van der Waals surface area contributed by atoms with Gasteiger partial charge in [-0.05, 0) is 71.5 Å². The van der Waals surface area contributed by atoms with Crippen LogP contribution in [0.15, 0.2) is 4.99 Å². The number of nitrogens with zero attached hydrogens (tertiary/aromatic N) is 2. The second kappa shape index (κ2) is 13.6. The third-order valence-corrected chi connectivity index (χ3v) is 4.33. The molecule has 0 bridgehead atoms. The zero-order valence-electron chi connectivity index (χ0n) is 15.6. The molecular weight excluding hydrogens is 288 g/mol. The monoisotopic (exact) mass is 326 g/mol. The van der Waals surface area contributed by atoms with Gasteiger partial charge in [0.15, 0.2) is 5.96 Å². The quantitative estimate of drug-likeness (QED) is 0.348. The van der Waals surface area contributed by atoms with E-state index >= 15 is 0 Å². The van der Waals surface area contributed by atoms with Crippen LogP contribution in [-0.2, 0) is 4.74 Å². The van der Waals surface area contributed by atoms with Crippen LogP contribution in [0, 0.1) is 5.92 Å². The smallest absolute Gasteiger partial charge is 0.191 e. The average molecular weight is 327 g/mol. The number of aliphatic imine (C=N–C) groups is 1. The van der Waals surface area contributed by atoms with Gasteiger partial charge in [0, 0.05) is 32.8 Å². The lowest BCUT2D eigenvalue weighted by molar-refractivity contribution is 0.146. The predicted octanol–water partition coefficient (Wildman–Crippen LogP) is 2.48. The Kier molecular flexibility index (Phi) is 12.0. The van der Waals surface area contributed by atoms with Gasteiger partial charge in [0.05, 0.1) is 0 Å². The highest BCUT2D eigenvalue weighted by Gasteiger charge is 2.14. The Labute approximate surface area is 143 Å². The maximum Gasteiger partial charge on any atom is 0.191 e. The number of unbranched alkanes of at least 4 members (excludes halogenated alkanes) is 1. The molecule has 1 aliphatic rings. The van der Waals surface area contributed by atoms with Crippen LogP contribution in [0.25, 0.3) is 0 Å². The van der Waals surface area contributed by atoms with Crippen LogP contribution in [0.3, 0.4) is 0 Å². The Balaban J connectivity index is 2.06. The van der Waals surface area contributed by atoms with Crippen molar-refractivity contribution >= 4 is 5.96 Å². The van der Waals surface area contributed by atoms with Crippen molar-refractivity contribution in [3.05, 3.63) is 0 Å². The fourth-order valence-corrected chi connectivity index (χ4v) is 2.80. The van der Waals surface area contributed by atoms with Gasteiger partial charge in [0.1, 0.15) is 0 Å². The van der Waals surface area contributed by atoms with Gasteiger partial charge in [-0.25, -0.2) is 0 Å². The second-order valence-electron chi connectivity index (χ2n) is 6.47. The fraction of sp³-hybridized carbons (Fsp3) is 0.944. The molecule has 0 aromatic carbocycles. The molecule has 5 nitrogen and oxygen atoms in total. The van der Waals surface area contributed by atoms with Gasteiger partial charge >= 0.3 is 0 Å². The van der Waals surface area contributed by atoms with E-state index in [0.717, 1.165) is 51.1 Å². The van der Waals surface area contributed by atoms with Gasteiger partial charge in [-0.15, -0.1) is 0 Å². The molecule has 0 aromatic rings. The predicted molar refractivity (Wildman–Crippen MR) is 99.2 cm³/mol. The first-order valence-electron chi connectivity index (χ1n) is 9.58. The van der Waals surface area contributed by atoms with Crippen molar-refractivity contribution in [3.8, 4) is 0 Å². The van der Waals surface area contributed by atoms with Crippen molar-refractivity contribution in [3.63, 3.8) is 0 Å². The van der Waals surface area contributed by atoms with E-state index in [1.807, 2.05) is 6.92 Å². The minimum Gasteiger partial charge on any atom is -0.382 e. The summed E-state index contributed by atoms with van der Waals surface area (Å²) < 4.78 is 5.34. The Hall–Kier alpha value is -0.810. The van der Waals surface area contributed by atoms with Crippen LogP contribution in [0.4, 0.5) is 0 Å². The maximum atomic E-state index is 5.34. The largest absolute Gasteiger partial charge is 0.382 e. The molecule has 0 saturated carbocycles. The maximum absolute atomic E-state index is 5.34. The number of rotatable bonds is 11. The minimum absolute atomic E-state index is 0.790. The number of nitrogens with one attached hydrogen (secondary N) is 2. The normalized spacial score (nSPS) is 17.4. The van der Waals surface area contributed by atoms with Gasteiger partial charge in [-0.2, -0.15) is 0 Å². The number of piperidine rings is 1. The molecule has 0 atom stereocenters. The van der Waals surface area contributed by atoms with Crippen LogP contribution in [-0.4, -0.2) is 63.3 Å². The van der Waals surface area contributed by atoms with E-state index in [9.17, 15) is 0 Å². The third-order valence-electron chi connectivity index (χ3n) is 4.33. The first-order chi connectivity index (χ1) is 11.3. The number of likely N-dealkylation sites (tertiary alicyclic amines) is 1. The Bertz CT molecular complexity index is 301. The molecule has 0 aliphatic carbocycles. The van der Waals surface area contributed by atoms with E-state index in [1.54, 1.807) is 0 Å². The van der Waals surface area contributed by atoms with E-state index in [-0.39, 0.29) is 0 Å². The first-order valence-corrected chi connectivity index (χ1v) is 9.58. The van der Waals surface area contributed by atoms with Crippen LogP contribution in [0.5, 0.6) is 0 Å². The second-order valence-corrected chi connectivity index (χ2v) is 6.47. The summed E-state index contributed by atoms with van der Waals surface area (Å²) in [6.07, 6.45) is 6.20. The number of ether oxygens (including phenoxy) is 1. The van der Waals surface area contributed by atoms with E-state index in [4.69, 9.17) is 4.74 Å². The number of hydrogen-bond donors (Lipinski definition) is 2. The molecule has 0 amide bonds. The van der Waals surface area contributed by atoms with Crippen LogP contribution in [0.2, 0.25) is 0 Å². The van der Waals surface area contributed by atoms with E-state index in [1.165, 1.54) is 45.3 Å². The molecule has 0 unspecified atom stereocenters. The van der Waals surface area contributed by atoms with Crippen molar-refractivity contribution in [1.82, 2.24) is 15.5 Å². The van der Waals surface area contributed by atoms with Crippen LogP contribution >= 0.6 is 0 Å². The summed E-state index contributed by atoms with van der Waals surface area (Å²) in [6.45, 7) is 14.6. The summed E-state index contributed by atoms with van der Waals surface area (Å²) in [4.78, 5) is 7.20. The molecule has 1 saturated heterocycles. The van der Waals surface area contributed by atoms with Crippen molar-refractivity contribution in [2.24, 2.45) is 10.9 Å². The lowest BCUT2D eigenvalue weighted by Gasteiger charge is -2.30. The van der Waals surface area contributed by atoms with Gasteiger partial charge in [0.2, 0.25) is 0 Å². The summed E-state index contributed by atoms with van der Waals surface area (Å²) in [6, 6.07) is 0. The molecular formula is C18H38N4O. The summed E-state index contributed by atoms with van der Waals surface area (Å²) in [5.41, 5.74) is 0. The summed E-state index contributed by atoms with van der Waals surface area (Å²) >= 11 is 0. The highest BCUT2D eigenvalue weighted by molar-refractivity contribution is 5.79. The summed E-state index contributed by atoms with van der Waals surface area (Å²) in [5.74, 6) is 1.87. The van der Waals surface area contributed by atoms with Crippen LogP contribution < -0.4 is 10.6 Å². The molecule has 23 heavy (non-hydrogen) atoms. The van der Waals surface area contributed by atoms with Gasteiger partial charge in [0.25, 0.3) is 0 Å². The number of hydrogen-bond acceptors (Lipinski definition) is 3. The van der Waals surface area contributed by atoms with Gasteiger partial charge in [-0.3, -0.25) is 4.99 Å². The standard InChI is InChI=1S/C18H38N4O/c1-4-19-18(21-12-8-16-23-5-2)20-11-6-7-13-22-14-9-17(3)10-15-22/h17H,4-16H2,1-3H3,(H2,19,20,21). The molecule has 0 aromatic heterocycles. The van der Waals surface area contributed by atoms with E-state index in [0.29, 0.717) is 0 Å². The fourth-order valence-electron chi connectivity index (χ4n) is 2.80. The summed E-state index contributed by atoms with van der Waals surface area (Å²) in [5, 5.41) is 6.74.